The summed E-state index contributed by atoms with van der Waals surface area (Å²) in [6.07, 6.45) is 20.5. The molecule has 0 aliphatic carbocycles. The summed E-state index contributed by atoms with van der Waals surface area (Å²) in [4.78, 5) is 26.4. The van der Waals surface area contributed by atoms with Gasteiger partial charge < -0.3 is 96.3 Å². The molecule has 0 spiro atoms. The lowest BCUT2D eigenvalue weighted by molar-refractivity contribution is -0.0181. The van der Waals surface area contributed by atoms with Gasteiger partial charge in [0.15, 0.2) is 0 Å². The molecule has 3 heterocycles. The highest BCUT2D eigenvalue weighted by atomic mass is 28.4. The van der Waals surface area contributed by atoms with Crippen LogP contribution in [0.15, 0.2) is 0 Å². The van der Waals surface area contributed by atoms with Crippen molar-refractivity contribution in [2.75, 3.05) is 323 Å². The van der Waals surface area contributed by atoms with E-state index in [2.05, 4.69) is 263 Å². The Hall–Kier alpha value is 0.398. The number of nitrogens with zero attached hydrogens (tertiary/aromatic N) is 14. The molecule has 3 aliphatic rings. The normalized spacial score (nSPS) is 16.2. The molecule has 0 radical (unpaired) electrons. The second-order valence-electron chi connectivity index (χ2n) is 36.5. The molecule has 0 amide bonds. The van der Waals surface area contributed by atoms with Crippen LogP contribution in [0.1, 0.15) is 206 Å². The van der Waals surface area contributed by atoms with Gasteiger partial charge in [0.25, 0.3) is 0 Å². The van der Waals surface area contributed by atoms with Crippen LogP contribution in [0.4, 0.5) is 0 Å². The van der Waals surface area contributed by atoms with E-state index in [-0.39, 0.29) is 0 Å². The molecule has 0 atom stereocenters. The van der Waals surface area contributed by atoms with Crippen LogP contribution in [0.2, 0.25) is 66.5 Å². The first-order valence-corrected chi connectivity index (χ1v) is 65.4. The van der Waals surface area contributed by atoms with Gasteiger partial charge in [-0.25, -0.2) is 0 Å². The van der Waals surface area contributed by atoms with Gasteiger partial charge in [-0.15, -0.1) is 0 Å². The Kier molecular flexibility index (Phi) is 72.7. The van der Waals surface area contributed by atoms with Crippen LogP contribution >= 0.6 is 0 Å². The minimum Gasteiger partial charge on any atom is -0.394 e. The van der Waals surface area contributed by atoms with E-state index in [0.29, 0.717) is 59.6 Å². The molecule has 3 aliphatic heterocycles. The van der Waals surface area contributed by atoms with Crippen molar-refractivity contribution >= 4 is 60.4 Å². The molecule has 3 rings (SSSR count). The summed E-state index contributed by atoms with van der Waals surface area (Å²) >= 11 is 0. The molecule has 0 aromatic rings. The summed E-state index contributed by atoms with van der Waals surface area (Å²) in [5, 5.41) is 0. The third-order valence-electron chi connectivity index (χ3n) is 23.8. The Labute approximate surface area is 780 Å². The molecule has 28 nitrogen and oxygen atoms in total. The van der Waals surface area contributed by atoms with Gasteiger partial charge >= 0.3 is 60.4 Å². The van der Waals surface area contributed by atoms with E-state index in [1.54, 1.807) is 0 Å². The molecule has 0 unspecified atom stereocenters. The van der Waals surface area contributed by atoms with Crippen LogP contribution in [0.3, 0.4) is 0 Å². The van der Waals surface area contributed by atoms with Crippen molar-refractivity contribution in [1.29, 1.82) is 0 Å². The second-order valence-corrected chi connectivity index (χ2v) is 59.5. The Morgan fingerprint density at radius 1 is 0.184 bits per heavy atom. The standard InChI is InChI=1S/C34H76N4O4Si2.C30H72N6O6Si3.C26H60N4O4Si2/c1-9-39-43(40-10-2,32-22-24-35(5)6)30-19-15-13-17-26-37-28-21-29-38(34-37)27-18-14-16-20-31-44(41-11-3,42-12-4)33-23-25-36(7)8;1-13-37-43(38-14-2,25-19-22-31(7)8)34-28-35(44(39-15-3,40-16-4)26-20-23-32(9)10)30-36(29-34)45(41-17-5,42-18-6)27-21-24-33(11)12;1-9-31-35(32-10-2,22-14-16-27(5)6)24-20-29-18-13-19-30(26-29)21-25-36(33-11-3,34-12-4)23-15-17-28(7)8/h9-34H2,1-8H3;13-30H2,1-12H3;9-26H2,1-8H3. The fourth-order valence-corrected chi connectivity index (χ4v) is 42.2. The van der Waals surface area contributed by atoms with Crippen LogP contribution in [0, 0.1) is 0 Å². The van der Waals surface area contributed by atoms with Gasteiger partial charge in [0.05, 0.1) is 13.3 Å². The lowest BCUT2D eigenvalue weighted by Crippen LogP contribution is -2.77. The molecule has 35 heteroatoms. The third-order valence-corrected chi connectivity index (χ3v) is 50.1. The van der Waals surface area contributed by atoms with Gasteiger partial charge in [-0.05, 0) is 361 Å². The lowest BCUT2D eigenvalue weighted by atomic mass is 10.1. The smallest absolute Gasteiger partial charge is 0.394 e. The van der Waals surface area contributed by atoms with Crippen molar-refractivity contribution in [2.24, 2.45) is 0 Å². The monoisotopic (exact) mass is 1910 g/mol. The zero-order valence-corrected chi connectivity index (χ0v) is 94.3. The highest BCUT2D eigenvalue weighted by Crippen LogP contribution is 2.36. The molecular formula is C90H208N14O14Si7. The number of unbranched alkanes of at least 4 members (excludes halogenated alkanes) is 6. The maximum atomic E-state index is 6.80. The van der Waals surface area contributed by atoms with Crippen LogP contribution in [-0.4, -0.2) is 451 Å². The van der Waals surface area contributed by atoms with Gasteiger partial charge in [0, 0.05) is 182 Å². The number of rotatable bonds is 79. The molecular weight excluding hydrogens is 1700 g/mol. The Bertz CT molecular complexity index is 2240. The number of hydrogen-bond acceptors (Lipinski definition) is 28. The molecule has 125 heavy (non-hydrogen) atoms. The second kappa shape index (κ2) is 73.6. The van der Waals surface area contributed by atoms with Gasteiger partial charge in [-0.3, -0.25) is 33.3 Å². The first kappa shape index (κ1) is 123. The topological polar surface area (TPSA) is 175 Å². The fourth-order valence-electron chi connectivity index (χ4n) is 18.2. The SMILES string of the molecule is CCO[Si](CCCCCCN1CCCN(CCCCCC[Si](CCCN(C)C)(OCC)OCC)C1)(CCCN(C)C)OCC.CCO[Si](CCCN(C)C)(CCN1CCCN(CC[Si](CCCN(C)C)(OCC)OCC)C1)OCC.CCO[Si](CCCN(C)C)(OCC)N1CN([Si](CCCN(C)C)(OCC)OCC)CN([Si](CCCN(C)C)(OCC)OCC)C1. The van der Waals surface area contributed by atoms with E-state index in [1.165, 1.54) is 116 Å². The van der Waals surface area contributed by atoms with Crippen LogP contribution in [0.5, 0.6) is 0 Å². The van der Waals surface area contributed by atoms with Gasteiger partial charge in [0.1, 0.15) is 0 Å². The predicted octanol–water partition coefficient (Wildman–Crippen LogP) is 14.6. The van der Waals surface area contributed by atoms with E-state index < -0.39 is 60.4 Å². The average molecular weight is 1910 g/mol. The first-order valence-electron chi connectivity index (χ1n) is 50.5. The minimum absolute atomic E-state index is 0.606. The van der Waals surface area contributed by atoms with Crippen molar-refractivity contribution in [3.8, 4) is 0 Å². The molecule has 750 valence electrons. The Morgan fingerprint density at radius 2 is 0.360 bits per heavy atom. The molecule has 0 bridgehead atoms. The van der Waals surface area contributed by atoms with Crippen molar-refractivity contribution in [3.63, 3.8) is 0 Å². The van der Waals surface area contributed by atoms with Crippen LogP contribution in [-0.2, 0) is 62.0 Å². The Balaban J connectivity index is 0.000000944. The molecule has 3 fully saturated rings. The average Bonchev–Trinajstić information content (AvgIpc) is 0.752. The van der Waals surface area contributed by atoms with Crippen molar-refractivity contribution in [2.45, 2.75) is 273 Å². The zero-order valence-electron chi connectivity index (χ0n) is 87.3. The zero-order chi connectivity index (χ0) is 93.3. The van der Waals surface area contributed by atoms with Crippen molar-refractivity contribution < 1.29 is 62.0 Å². The molecule has 0 aromatic carbocycles. The van der Waals surface area contributed by atoms with Crippen molar-refractivity contribution in [1.82, 2.24) is 67.6 Å². The molecule has 0 N–H and O–H groups in total. The van der Waals surface area contributed by atoms with E-state index >= 15 is 0 Å². The third kappa shape index (κ3) is 53.1. The summed E-state index contributed by atoms with van der Waals surface area (Å²) in [5.41, 5.74) is 0. The summed E-state index contributed by atoms with van der Waals surface area (Å²) in [5.74, 6) is 0. The maximum absolute atomic E-state index is 6.80. The van der Waals surface area contributed by atoms with E-state index in [9.17, 15) is 0 Å². The highest BCUT2D eigenvalue weighted by molar-refractivity contribution is 6.69. The maximum Gasteiger partial charge on any atom is 0.429 e. The predicted molar refractivity (Wildman–Crippen MR) is 540 cm³/mol. The molecule has 0 aromatic heterocycles. The molecule has 0 saturated carbocycles. The minimum atomic E-state index is -2.86. The van der Waals surface area contributed by atoms with Crippen molar-refractivity contribution in [3.05, 3.63) is 0 Å². The van der Waals surface area contributed by atoms with Gasteiger partial charge in [0.2, 0.25) is 0 Å². The van der Waals surface area contributed by atoms with Crippen LogP contribution < -0.4 is 0 Å². The van der Waals surface area contributed by atoms with E-state index in [0.717, 1.165) is 224 Å². The highest BCUT2D eigenvalue weighted by Gasteiger charge is 2.58. The first-order chi connectivity index (χ1) is 59.9. The lowest BCUT2D eigenvalue weighted by Gasteiger charge is -2.55. The van der Waals surface area contributed by atoms with Crippen LogP contribution in [0.25, 0.3) is 0 Å². The quantitative estimate of drug-likeness (QED) is 0.0415. The summed E-state index contributed by atoms with van der Waals surface area (Å²) < 4.78 is 99.3. The number of hydrogen-bond donors (Lipinski definition) is 0. The van der Waals surface area contributed by atoms with Gasteiger partial charge in [-0.1, -0.05) is 38.5 Å². The summed E-state index contributed by atoms with van der Waals surface area (Å²) in [6, 6.07) is 11.4. The fraction of sp³-hybridized carbons (Fsp3) is 1.00. The van der Waals surface area contributed by atoms with E-state index in [4.69, 9.17) is 62.0 Å². The summed E-state index contributed by atoms with van der Waals surface area (Å²) in [7, 11) is 12.9. The van der Waals surface area contributed by atoms with E-state index in [1.807, 2.05) is 0 Å². The largest absolute Gasteiger partial charge is 0.429 e. The Morgan fingerprint density at radius 3 is 0.560 bits per heavy atom. The summed E-state index contributed by atoms with van der Waals surface area (Å²) in [6.45, 7) is 60.3. The molecule has 3 saturated heterocycles. The van der Waals surface area contributed by atoms with Gasteiger partial charge in [-0.2, -0.15) is 0 Å².